The van der Waals surface area contributed by atoms with Crippen LogP contribution in [0.5, 0.6) is 17.2 Å². The second kappa shape index (κ2) is 9.15. The van der Waals surface area contributed by atoms with E-state index in [4.69, 9.17) is 4.74 Å². The van der Waals surface area contributed by atoms with Crippen LogP contribution in [0.25, 0.3) is 12.2 Å². The highest BCUT2D eigenvalue weighted by molar-refractivity contribution is 6.10. The van der Waals surface area contributed by atoms with Gasteiger partial charge in [0.2, 0.25) is 0 Å². The maximum atomic E-state index is 11.9. The van der Waals surface area contributed by atoms with Gasteiger partial charge in [0.25, 0.3) is 0 Å². The number of ketones is 2. The number of allylic oxidation sites excluding steroid dienone is 2. The van der Waals surface area contributed by atoms with Crippen molar-refractivity contribution in [2.75, 3.05) is 7.11 Å². The zero-order valence-electron chi connectivity index (χ0n) is 14.6. The number of phenolic OH excluding ortho intramolecular Hbond substituents is 2. The Morgan fingerprint density at radius 3 is 2.04 bits per heavy atom. The van der Waals surface area contributed by atoms with E-state index in [0.717, 1.165) is 0 Å². The minimum atomic E-state index is -0.395. The van der Waals surface area contributed by atoms with Gasteiger partial charge < -0.3 is 14.9 Å². The Kier molecular flexibility index (Phi) is 6.66. The van der Waals surface area contributed by atoms with Gasteiger partial charge in [-0.1, -0.05) is 24.3 Å². The van der Waals surface area contributed by atoms with Gasteiger partial charge in [-0.15, -0.1) is 0 Å². The highest BCUT2D eigenvalue weighted by Gasteiger charge is 2.05. The predicted octanol–water partition coefficient (Wildman–Crippen LogP) is 3.17. The van der Waals surface area contributed by atoms with E-state index in [1.165, 1.54) is 49.6 Å². The topological polar surface area (TPSA) is 101 Å². The van der Waals surface area contributed by atoms with Crippen molar-refractivity contribution in [2.45, 2.75) is 6.42 Å². The fourth-order valence-electron chi connectivity index (χ4n) is 2.24. The average Bonchev–Trinajstić information content (AvgIpc) is 2.66. The van der Waals surface area contributed by atoms with E-state index >= 15 is 0 Å². The zero-order valence-corrected chi connectivity index (χ0v) is 14.6. The fraction of sp³-hybridized carbons (Fsp3) is 0.0952. The van der Waals surface area contributed by atoms with Crippen molar-refractivity contribution in [3.63, 3.8) is 0 Å². The van der Waals surface area contributed by atoms with Gasteiger partial charge in [-0.3, -0.25) is 14.4 Å². The third-order valence-corrected chi connectivity index (χ3v) is 3.65. The number of hydrogen-bond acceptors (Lipinski definition) is 6. The monoisotopic (exact) mass is 366 g/mol. The van der Waals surface area contributed by atoms with Crippen molar-refractivity contribution in [1.82, 2.24) is 0 Å². The van der Waals surface area contributed by atoms with Gasteiger partial charge in [-0.25, -0.2) is 0 Å². The molecule has 0 unspecified atom stereocenters. The molecular formula is C21H18O6. The smallest absolute Gasteiger partial charge is 0.163 e. The summed E-state index contributed by atoms with van der Waals surface area (Å²) < 4.78 is 4.99. The number of benzene rings is 2. The number of aldehydes is 1. The van der Waals surface area contributed by atoms with Crippen LogP contribution >= 0.6 is 0 Å². The van der Waals surface area contributed by atoms with E-state index in [9.17, 15) is 24.6 Å². The number of carbonyl (C=O) groups is 3. The minimum Gasteiger partial charge on any atom is -0.507 e. The van der Waals surface area contributed by atoms with Gasteiger partial charge in [-0.05, 0) is 47.5 Å². The molecule has 138 valence electrons. The van der Waals surface area contributed by atoms with Crippen molar-refractivity contribution in [3.8, 4) is 17.2 Å². The summed E-state index contributed by atoms with van der Waals surface area (Å²) in [6.07, 6.45) is 5.73. The maximum Gasteiger partial charge on any atom is 0.163 e. The lowest BCUT2D eigenvalue weighted by Crippen LogP contribution is -2.01. The number of carbonyl (C=O) groups excluding carboxylic acids is 3. The van der Waals surface area contributed by atoms with Crippen LogP contribution in [0.3, 0.4) is 0 Å². The predicted molar refractivity (Wildman–Crippen MR) is 101 cm³/mol. The second-order valence-corrected chi connectivity index (χ2v) is 5.64. The summed E-state index contributed by atoms with van der Waals surface area (Å²) in [7, 11) is 1.42. The Labute approximate surface area is 156 Å². The Morgan fingerprint density at radius 1 is 0.926 bits per heavy atom. The molecule has 27 heavy (non-hydrogen) atoms. The molecule has 2 rings (SSSR count). The van der Waals surface area contributed by atoms with Crippen LogP contribution in [-0.2, 0) is 9.59 Å². The van der Waals surface area contributed by atoms with Crippen LogP contribution in [0.4, 0.5) is 0 Å². The summed E-state index contributed by atoms with van der Waals surface area (Å²) in [4.78, 5) is 34.6. The highest BCUT2D eigenvalue weighted by Crippen LogP contribution is 2.26. The molecule has 6 nitrogen and oxygen atoms in total. The number of aromatic hydroxyl groups is 2. The number of methoxy groups -OCH3 is 1. The summed E-state index contributed by atoms with van der Waals surface area (Å²) >= 11 is 0. The molecule has 0 aliphatic carbocycles. The highest BCUT2D eigenvalue weighted by atomic mass is 16.5. The molecule has 0 aliphatic rings. The Morgan fingerprint density at radius 2 is 1.48 bits per heavy atom. The molecule has 0 bridgehead atoms. The van der Waals surface area contributed by atoms with E-state index in [2.05, 4.69) is 0 Å². The number of hydrogen-bond donors (Lipinski definition) is 2. The van der Waals surface area contributed by atoms with E-state index in [1.807, 2.05) is 0 Å². The molecule has 0 radical (unpaired) electrons. The second-order valence-electron chi connectivity index (χ2n) is 5.64. The SMILES string of the molecule is COc1cc(C=CC(=O)CC(=O)/C=C/c2ccc(O)c(C=O)c2)ccc1O. The largest absolute Gasteiger partial charge is 0.507 e. The van der Waals surface area contributed by atoms with Crippen molar-refractivity contribution >= 4 is 30.0 Å². The van der Waals surface area contributed by atoms with E-state index in [0.29, 0.717) is 17.4 Å². The van der Waals surface area contributed by atoms with Crippen LogP contribution in [0, 0.1) is 0 Å². The van der Waals surface area contributed by atoms with Gasteiger partial charge in [0.1, 0.15) is 5.75 Å². The molecule has 0 heterocycles. The fourth-order valence-corrected chi connectivity index (χ4v) is 2.24. The first kappa shape index (κ1) is 19.7. The molecule has 2 aromatic carbocycles. The lowest BCUT2D eigenvalue weighted by Gasteiger charge is -2.03. The van der Waals surface area contributed by atoms with Crippen LogP contribution in [0.1, 0.15) is 27.9 Å². The lowest BCUT2D eigenvalue weighted by atomic mass is 10.1. The third-order valence-electron chi connectivity index (χ3n) is 3.65. The van der Waals surface area contributed by atoms with E-state index in [-0.39, 0.29) is 35.0 Å². The Balaban J connectivity index is 1.97. The first-order chi connectivity index (χ1) is 12.9. The summed E-state index contributed by atoms with van der Waals surface area (Å²) in [6, 6.07) is 8.96. The standard InChI is InChI=1S/C21H18O6/c1-27-21-11-15(5-9-20(21)26)3-7-18(24)12-17(23)6-2-14-4-8-19(25)16(10-14)13-22/h2-11,13,25-26H,12H2,1H3/b6-2+,7-3?. The van der Waals surface area contributed by atoms with Crippen molar-refractivity contribution in [3.05, 3.63) is 65.2 Å². The summed E-state index contributed by atoms with van der Waals surface area (Å²) in [5.41, 5.74) is 1.32. The maximum absolute atomic E-state index is 11.9. The molecule has 0 aliphatic heterocycles. The Bertz CT molecular complexity index is 924. The van der Waals surface area contributed by atoms with Crippen LogP contribution in [0.2, 0.25) is 0 Å². The molecule has 6 heteroatoms. The quantitative estimate of drug-likeness (QED) is 0.423. The molecule has 0 spiro atoms. The molecular weight excluding hydrogens is 348 g/mol. The molecule has 0 saturated carbocycles. The van der Waals surface area contributed by atoms with Gasteiger partial charge in [-0.2, -0.15) is 0 Å². The average molecular weight is 366 g/mol. The molecule has 0 saturated heterocycles. The summed E-state index contributed by atoms with van der Waals surface area (Å²) in [6.45, 7) is 0. The zero-order chi connectivity index (χ0) is 19.8. The van der Waals surface area contributed by atoms with Crippen LogP contribution in [-0.4, -0.2) is 35.2 Å². The molecule has 2 N–H and O–H groups in total. The molecule has 2 aromatic rings. The first-order valence-corrected chi connectivity index (χ1v) is 8.00. The van der Waals surface area contributed by atoms with Gasteiger partial charge in [0, 0.05) is 0 Å². The van der Waals surface area contributed by atoms with Gasteiger partial charge in [0.15, 0.2) is 29.4 Å². The third kappa shape index (κ3) is 5.67. The molecule has 0 fully saturated rings. The minimum absolute atomic E-state index is 0.00624. The van der Waals surface area contributed by atoms with Gasteiger partial charge >= 0.3 is 0 Å². The Hall–Kier alpha value is -3.67. The molecule has 0 amide bonds. The van der Waals surface area contributed by atoms with E-state index in [1.54, 1.807) is 18.2 Å². The summed E-state index contributed by atoms with van der Waals surface area (Å²) in [5.74, 6) is -0.634. The van der Waals surface area contributed by atoms with E-state index < -0.39 is 5.78 Å². The summed E-state index contributed by atoms with van der Waals surface area (Å²) in [5, 5.41) is 19.0. The number of phenols is 2. The first-order valence-electron chi connectivity index (χ1n) is 8.00. The van der Waals surface area contributed by atoms with Crippen molar-refractivity contribution < 1.29 is 29.3 Å². The van der Waals surface area contributed by atoms with Crippen LogP contribution < -0.4 is 4.74 Å². The van der Waals surface area contributed by atoms with Crippen LogP contribution in [0.15, 0.2) is 48.6 Å². The normalized spacial score (nSPS) is 11.0. The van der Waals surface area contributed by atoms with Gasteiger partial charge in [0.05, 0.1) is 19.1 Å². The molecule has 0 atom stereocenters. The lowest BCUT2D eigenvalue weighted by molar-refractivity contribution is -0.121. The van der Waals surface area contributed by atoms with Crippen molar-refractivity contribution in [2.24, 2.45) is 0 Å². The number of rotatable bonds is 8. The molecule has 0 aromatic heterocycles. The number of ether oxygens (including phenoxy) is 1. The van der Waals surface area contributed by atoms with Crippen molar-refractivity contribution in [1.29, 1.82) is 0 Å².